The number of benzene rings is 2. The lowest BCUT2D eigenvalue weighted by molar-refractivity contribution is 0.0791. The number of aryl methyl sites for hydroxylation is 3. The van der Waals surface area contributed by atoms with E-state index in [1.54, 1.807) is 0 Å². The lowest BCUT2D eigenvalue weighted by Gasteiger charge is -2.16. The van der Waals surface area contributed by atoms with Crippen molar-refractivity contribution in [3.63, 3.8) is 0 Å². The number of carbonyl (C=O) groups excluding carboxylic acids is 1. The van der Waals surface area contributed by atoms with Crippen molar-refractivity contribution in [2.75, 3.05) is 13.1 Å². The van der Waals surface area contributed by atoms with E-state index < -0.39 is 0 Å². The number of H-pyrrole nitrogens is 1. The number of hydrogen-bond acceptors (Lipinski definition) is 3. The normalized spacial score (nSPS) is 16.1. The van der Waals surface area contributed by atoms with Crippen LogP contribution >= 0.6 is 0 Å². The molecule has 3 N–H and O–H groups in total. The van der Waals surface area contributed by atoms with Crippen LogP contribution in [0.15, 0.2) is 54.6 Å². The summed E-state index contributed by atoms with van der Waals surface area (Å²) in [5.41, 5.74) is 15.4. The predicted octanol–water partition coefficient (Wildman–Crippen LogP) is 5.00. The zero-order valence-corrected chi connectivity index (χ0v) is 18.8. The van der Waals surface area contributed by atoms with Crippen LogP contribution in [0.4, 0.5) is 0 Å². The van der Waals surface area contributed by atoms with E-state index in [1.165, 1.54) is 10.9 Å². The van der Waals surface area contributed by atoms with Crippen LogP contribution in [0.1, 0.15) is 33.7 Å². The number of aromatic nitrogens is 2. The molecule has 0 aliphatic carbocycles. The highest BCUT2D eigenvalue weighted by Crippen LogP contribution is 2.33. The minimum Gasteiger partial charge on any atom is -0.354 e. The van der Waals surface area contributed by atoms with Gasteiger partial charge in [-0.2, -0.15) is 0 Å². The first-order valence-electron chi connectivity index (χ1n) is 11.1. The number of pyridine rings is 1. The molecule has 5 heteroatoms. The predicted molar refractivity (Wildman–Crippen MR) is 130 cm³/mol. The van der Waals surface area contributed by atoms with Gasteiger partial charge in [0.25, 0.3) is 5.91 Å². The molecule has 32 heavy (non-hydrogen) atoms. The summed E-state index contributed by atoms with van der Waals surface area (Å²) in [6.45, 7) is 7.56. The minimum absolute atomic E-state index is 0.0577. The molecule has 1 atom stereocenters. The summed E-state index contributed by atoms with van der Waals surface area (Å²) in [5, 5.41) is 1.20. The highest BCUT2D eigenvalue weighted by molar-refractivity contribution is 5.97. The van der Waals surface area contributed by atoms with E-state index in [2.05, 4.69) is 53.3 Å². The van der Waals surface area contributed by atoms with Gasteiger partial charge in [-0.3, -0.25) is 9.78 Å². The fourth-order valence-corrected chi connectivity index (χ4v) is 4.77. The van der Waals surface area contributed by atoms with E-state index in [0.29, 0.717) is 12.1 Å². The van der Waals surface area contributed by atoms with Crippen LogP contribution in [0.25, 0.3) is 33.3 Å². The molecule has 4 aromatic rings. The largest absolute Gasteiger partial charge is 0.354 e. The second kappa shape index (κ2) is 7.92. The summed E-state index contributed by atoms with van der Waals surface area (Å²) in [6, 6.07) is 18.7. The van der Waals surface area contributed by atoms with Crippen LogP contribution in [-0.4, -0.2) is 39.9 Å². The highest BCUT2D eigenvalue weighted by Gasteiger charge is 2.24. The Balaban J connectivity index is 1.51. The van der Waals surface area contributed by atoms with E-state index in [1.807, 2.05) is 36.9 Å². The third kappa shape index (κ3) is 3.69. The van der Waals surface area contributed by atoms with Gasteiger partial charge in [-0.1, -0.05) is 24.3 Å². The first-order valence-corrected chi connectivity index (χ1v) is 11.1. The molecular formula is C27H28N4O. The third-order valence-electron chi connectivity index (χ3n) is 6.38. The molecule has 2 aromatic heterocycles. The summed E-state index contributed by atoms with van der Waals surface area (Å²) in [7, 11) is 0. The standard InChI is InChI=1S/C27H28N4O/c1-16-11-22(12-17(2)29-16)26-18(3)24-8-7-20(14-25(24)30-26)19-5-4-6-21(13-19)27(32)31-10-9-23(28)15-31/h4-8,11-14,23,30H,9-10,15,28H2,1-3H3. The molecule has 0 spiro atoms. The number of nitrogens with one attached hydrogen (secondary N) is 1. The molecule has 2 aromatic carbocycles. The Hall–Kier alpha value is -3.44. The number of carbonyl (C=O) groups is 1. The van der Waals surface area contributed by atoms with Gasteiger partial charge in [-0.25, -0.2) is 0 Å². The Morgan fingerprint density at radius 1 is 1.00 bits per heavy atom. The summed E-state index contributed by atoms with van der Waals surface area (Å²) in [5.74, 6) is 0.0577. The van der Waals surface area contributed by atoms with Gasteiger partial charge >= 0.3 is 0 Å². The van der Waals surface area contributed by atoms with Crippen molar-refractivity contribution < 1.29 is 4.79 Å². The van der Waals surface area contributed by atoms with Crippen LogP contribution < -0.4 is 5.73 Å². The molecule has 1 amide bonds. The summed E-state index contributed by atoms with van der Waals surface area (Å²) in [6.07, 6.45) is 0.868. The van der Waals surface area contributed by atoms with Crippen molar-refractivity contribution in [3.05, 3.63) is 77.1 Å². The summed E-state index contributed by atoms with van der Waals surface area (Å²) >= 11 is 0. The maximum atomic E-state index is 12.9. The van der Waals surface area contributed by atoms with Crippen LogP contribution in [0.2, 0.25) is 0 Å². The lowest BCUT2D eigenvalue weighted by Crippen LogP contribution is -2.31. The quantitative estimate of drug-likeness (QED) is 0.486. The van der Waals surface area contributed by atoms with Crippen molar-refractivity contribution in [2.45, 2.75) is 33.2 Å². The lowest BCUT2D eigenvalue weighted by atomic mass is 10.0. The van der Waals surface area contributed by atoms with Gasteiger partial charge in [-0.15, -0.1) is 0 Å². The van der Waals surface area contributed by atoms with Crippen molar-refractivity contribution in [1.29, 1.82) is 0 Å². The molecule has 5 nitrogen and oxygen atoms in total. The first-order chi connectivity index (χ1) is 15.4. The fourth-order valence-electron chi connectivity index (χ4n) is 4.77. The molecule has 1 fully saturated rings. The number of nitrogens with zero attached hydrogens (tertiary/aromatic N) is 2. The summed E-state index contributed by atoms with van der Waals surface area (Å²) < 4.78 is 0. The molecule has 1 aliphatic rings. The molecule has 1 saturated heterocycles. The van der Waals surface area contributed by atoms with Gasteiger partial charge in [0.2, 0.25) is 0 Å². The molecular weight excluding hydrogens is 396 g/mol. The number of likely N-dealkylation sites (tertiary alicyclic amines) is 1. The van der Waals surface area contributed by atoms with Crippen LogP contribution in [-0.2, 0) is 0 Å². The SMILES string of the molecule is Cc1cc(-c2[nH]c3cc(-c4cccc(C(=O)N5CCC(N)C5)c4)ccc3c2C)cc(C)n1. The van der Waals surface area contributed by atoms with Crippen molar-refractivity contribution in [3.8, 4) is 22.4 Å². The van der Waals surface area contributed by atoms with Crippen LogP contribution in [0.3, 0.4) is 0 Å². The molecule has 3 heterocycles. The van der Waals surface area contributed by atoms with Crippen LogP contribution in [0, 0.1) is 20.8 Å². The first kappa shape index (κ1) is 20.5. The monoisotopic (exact) mass is 424 g/mol. The molecule has 0 saturated carbocycles. The molecule has 1 aliphatic heterocycles. The number of nitrogens with two attached hydrogens (primary N) is 1. The van der Waals surface area contributed by atoms with Gasteiger partial charge < -0.3 is 15.6 Å². The van der Waals surface area contributed by atoms with Gasteiger partial charge in [0, 0.05) is 58.2 Å². The minimum atomic E-state index is 0.0577. The average Bonchev–Trinajstić information content (AvgIpc) is 3.35. The molecule has 162 valence electrons. The second-order valence-corrected chi connectivity index (χ2v) is 8.90. The Morgan fingerprint density at radius 2 is 1.75 bits per heavy atom. The third-order valence-corrected chi connectivity index (χ3v) is 6.38. The van der Waals surface area contributed by atoms with E-state index in [-0.39, 0.29) is 11.9 Å². The zero-order chi connectivity index (χ0) is 22.4. The maximum Gasteiger partial charge on any atom is 0.253 e. The zero-order valence-electron chi connectivity index (χ0n) is 18.8. The van der Waals surface area contributed by atoms with Gasteiger partial charge in [-0.05, 0) is 74.2 Å². The van der Waals surface area contributed by atoms with Gasteiger partial charge in [0.1, 0.15) is 0 Å². The van der Waals surface area contributed by atoms with E-state index in [9.17, 15) is 4.79 Å². The Morgan fingerprint density at radius 3 is 2.47 bits per heavy atom. The van der Waals surface area contributed by atoms with Crippen molar-refractivity contribution in [2.24, 2.45) is 5.73 Å². The number of amides is 1. The fraction of sp³-hybridized carbons (Fsp3) is 0.259. The highest BCUT2D eigenvalue weighted by atomic mass is 16.2. The summed E-state index contributed by atoms with van der Waals surface area (Å²) in [4.78, 5) is 22.9. The van der Waals surface area contributed by atoms with E-state index in [0.717, 1.165) is 52.3 Å². The van der Waals surface area contributed by atoms with E-state index >= 15 is 0 Å². The van der Waals surface area contributed by atoms with Crippen molar-refractivity contribution in [1.82, 2.24) is 14.9 Å². The van der Waals surface area contributed by atoms with Gasteiger partial charge in [0.05, 0.1) is 0 Å². The number of rotatable bonds is 3. The number of fused-ring (bicyclic) bond motifs is 1. The van der Waals surface area contributed by atoms with Gasteiger partial charge in [0.15, 0.2) is 0 Å². The Labute approximate surface area is 188 Å². The number of hydrogen-bond donors (Lipinski definition) is 2. The molecule has 0 radical (unpaired) electrons. The average molecular weight is 425 g/mol. The van der Waals surface area contributed by atoms with Crippen molar-refractivity contribution >= 4 is 16.8 Å². The topological polar surface area (TPSA) is 75.0 Å². The Bertz CT molecular complexity index is 1320. The van der Waals surface area contributed by atoms with Crippen LogP contribution in [0.5, 0.6) is 0 Å². The molecule has 5 rings (SSSR count). The maximum absolute atomic E-state index is 12.9. The molecule has 0 bridgehead atoms. The number of aromatic amines is 1. The Kier molecular flexibility index (Phi) is 5.06. The smallest absolute Gasteiger partial charge is 0.253 e. The molecule has 1 unspecified atom stereocenters. The second-order valence-electron chi connectivity index (χ2n) is 8.90. The van der Waals surface area contributed by atoms with E-state index in [4.69, 9.17) is 5.73 Å².